The molecule has 3 nitrogen and oxygen atoms in total. The highest BCUT2D eigenvalue weighted by Gasteiger charge is 2.08. The third kappa shape index (κ3) is 2.04. The maximum atomic E-state index is 5.96. The van der Waals surface area contributed by atoms with Gasteiger partial charge in [0.2, 0.25) is 0 Å². The smallest absolute Gasteiger partial charge is 0.138 e. The maximum Gasteiger partial charge on any atom is 0.138 e. The van der Waals surface area contributed by atoms with Crippen LogP contribution < -0.4 is 5.73 Å². The summed E-state index contributed by atoms with van der Waals surface area (Å²) in [6.45, 7) is 0. The Bertz CT molecular complexity index is 734. The zero-order valence-corrected chi connectivity index (χ0v) is 12.4. The first-order valence-electron chi connectivity index (χ1n) is 5.34. The van der Waals surface area contributed by atoms with Crippen LogP contribution in [0.5, 0.6) is 0 Å². The third-order valence-electron chi connectivity index (χ3n) is 2.68. The molecule has 18 heavy (non-hydrogen) atoms. The van der Waals surface area contributed by atoms with Gasteiger partial charge in [0, 0.05) is 14.5 Å². The van der Waals surface area contributed by atoms with Gasteiger partial charge in [-0.05, 0) is 24.3 Å². The molecule has 2 aromatic carbocycles. The molecule has 1 aromatic heterocycles. The number of halogens is 2. The van der Waals surface area contributed by atoms with Crippen LogP contribution >= 0.6 is 31.9 Å². The summed E-state index contributed by atoms with van der Waals surface area (Å²) in [4.78, 5) is 7.82. The number of H-pyrrole nitrogens is 1. The number of benzene rings is 2. The van der Waals surface area contributed by atoms with E-state index in [9.17, 15) is 0 Å². The van der Waals surface area contributed by atoms with E-state index in [-0.39, 0.29) is 0 Å². The van der Waals surface area contributed by atoms with E-state index in [4.69, 9.17) is 5.73 Å². The zero-order chi connectivity index (χ0) is 12.7. The zero-order valence-electron chi connectivity index (χ0n) is 9.24. The van der Waals surface area contributed by atoms with Gasteiger partial charge in [-0.15, -0.1) is 0 Å². The summed E-state index contributed by atoms with van der Waals surface area (Å²) in [5, 5.41) is 0. The average Bonchev–Trinajstić information content (AvgIpc) is 2.73. The molecule has 0 aliphatic rings. The molecular weight excluding hydrogens is 358 g/mol. The second kappa shape index (κ2) is 4.40. The Balaban J connectivity index is 2.22. The number of nitrogens with one attached hydrogen (secondary N) is 1. The Morgan fingerprint density at radius 2 is 1.89 bits per heavy atom. The summed E-state index contributed by atoms with van der Waals surface area (Å²) in [6.07, 6.45) is 0. The van der Waals surface area contributed by atoms with Gasteiger partial charge in [0.25, 0.3) is 0 Å². The van der Waals surface area contributed by atoms with Crippen LogP contribution in [0.15, 0.2) is 45.3 Å². The highest BCUT2D eigenvalue weighted by atomic mass is 79.9. The number of nitrogen functional groups attached to an aromatic ring is 1. The van der Waals surface area contributed by atoms with Crippen LogP contribution in [-0.2, 0) is 0 Å². The number of imidazole rings is 1. The van der Waals surface area contributed by atoms with Crippen molar-refractivity contribution < 1.29 is 0 Å². The molecule has 0 atom stereocenters. The van der Waals surface area contributed by atoms with Crippen molar-refractivity contribution in [3.63, 3.8) is 0 Å². The lowest BCUT2D eigenvalue weighted by molar-refractivity contribution is 1.33. The number of hydrogen-bond acceptors (Lipinski definition) is 2. The SMILES string of the molecule is Nc1cc(Br)cc2[nH]c(-c3cccc(Br)c3)nc12. The van der Waals surface area contributed by atoms with E-state index in [0.717, 1.165) is 31.4 Å². The van der Waals surface area contributed by atoms with Crippen LogP contribution in [-0.4, -0.2) is 9.97 Å². The molecular formula is C13H9Br2N3. The second-order valence-corrected chi connectivity index (χ2v) is 5.82. The highest BCUT2D eigenvalue weighted by molar-refractivity contribution is 9.10. The van der Waals surface area contributed by atoms with Gasteiger partial charge in [-0.3, -0.25) is 0 Å². The summed E-state index contributed by atoms with van der Waals surface area (Å²) in [7, 11) is 0. The van der Waals surface area contributed by atoms with Crippen LogP contribution in [0.4, 0.5) is 5.69 Å². The number of aromatic amines is 1. The van der Waals surface area contributed by atoms with Crippen LogP contribution in [0.25, 0.3) is 22.4 Å². The van der Waals surface area contributed by atoms with E-state index >= 15 is 0 Å². The molecule has 0 bridgehead atoms. The molecule has 3 aromatic rings. The van der Waals surface area contributed by atoms with Gasteiger partial charge in [-0.1, -0.05) is 44.0 Å². The van der Waals surface area contributed by atoms with E-state index in [2.05, 4.69) is 41.8 Å². The van der Waals surface area contributed by atoms with Gasteiger partial charge < -0.3 is 10.7 Å². The van der Waals surface area contributed by atoms with Crippen molar-refractivity contribution in [2.45, 2.75) is 0 Å². The molecule has 1 heterocycles. The van der Waals surface area contributed by atoms with E-state index in [1.165, 1.54) is 0 Å². The molecule has 0 saturated heterocycles. The second-order valence-electron chi connectivity index (χ2n) is 3.99. The van der Waals surface area contributed by atoms with Gasteiger partial charge >= 0.3 is 0 Å². The van der Waals surface area contributed by atoms with Crippen molar-refractivity contribution in [1.82, 2.24) is 9.97 Å². The summed E-state index contributed by atoms with van der Waals surface area (Å²) >= 11 is 6.88. The first-order valence-corrected chi connectivity index (χ1v) is 6.93. The third-order valence-corrected chi connectivity index (χ3v) is 3.63. The normalized spacial score (nSPS) is 11.0. The first kappa shape index (κ1) is 11.7. The Labute approximate surface area is 121 Å². The number of nitrogens with two attached hydrogens (primary N) is 1. The number of aromatic nitrogens is 2. The molecule has 0 saturated carbocycles. The molecule has 0 spiro atoms. The van der Waals surface area contributed by atoms with Gasteiger partial charge in [0.15, 0.2) is 0 Å². The maximum absolute atomic E-state index is 5.96. The van der Waals surface area contributed by atoms with Crippen LogP contribution in [0.3, 0.4) is 0 Å². The molecule has 0 radical (unpaired) electrons. The van der Waals surface area contributed by atoms with Gasteiger partial charge in [-0.25, -0.2) is 4.98 Å². The van der Waals surface area contributed by atoms with E-state index in [0.29, 0.717) is 5.69 Å². The molecule has 0 aliphatic carbocycles. The standard InChI is InChI=1S/C13H9Br2N3/c14-8-3-1-2-7(4-8)13-17-11-6-9(15)5-10(16)12(11)18-13/h1-6H,16H2,(H,17,18). The first-order chi connectivity index (χ1) is 8.63. The average molecular weight is 367 g/mol. The number of nitrogens with zero attached hydrogens (tertiary/aromatic N) is 1. The molecule has 0 fully saturated rings. The van der Waals surface area contributed by atoms with Crippen molar-refractivity contribution in [3.05, 3.63) is 45.3 Å². The molecule has 90 valence electrons. The molecule has 5 heteroatoms. The summed E-state index contributed by atoms with van der Waals surface area (Å²) < 4.78 is 1.96. The minimum Gasteiger partial charge on any atom is -0.397 e. The summed E-state index contributed by atoms with van der Waals surface area (Å²) in [5.41, 5.74) is 9.37. The van der Waals surface area contributed by atoms with Gasteiger partial charge in [0.05, 0.1) is 11.2 Å². The molecule has 0 amide bonds. The Morgan fingerprint density at radius 1 is 1.06 bits per heavy atom. The van der Waals surface area contributed by atoms with Crippen LogP contribution in [0, 0.1) is 0 Å². The van der Waals surface area contributed by atoms with Crippen molar-refractivity contribution in [1.29, 1.82) is 0 Å². The number of fused-ring (bicyclic) bond motifs is 1. The Kier molecular flexibility index (Phi) is 2.87. The highest BCUT2D eigenvalue weighted by Crippen LogP contribution is 2.28. The van der Waals surface area contributed by atoms with E-state index < -0.39 is 0 Å². The predicted molar refractivity (Wildman–Crippen MR) is 81.3 cm³/mol. The molecule has 3 N–H and O–H groups in total. The lowest BCUT2D eigenvalue weighted by Gasteiger charge is -1.96. The minimum absolute atomic E-state index is 0.664. The lowest BCUT2D eigenvalue weighted by atomic mass is 10.2. The Hall–Kier alpha value is -1.33. The fourth-order valence-corrected chi connectivity index (χ4v) is 2.75. The van der Waals surface area contributed by atoms with Gasteiger partial charge in [0.1, 0.15) is 11.3 Å². The Morgan fingerprint density at radius 3 is 2.67 bits per heavy atom. The molecule has 0 unspecified atom stereocenters. The number of rotatable bonds is 1. The van der Waals surface area contributed by atoms with Crippen molar-refractivity contribution in [2.75, 3.05) is 5.73 Å². The van der Waals surface area contributed by atoms with Crippen LogP contribution in [0.2, 0.25) is 0 Å². The topological polar surface area (TPSA) is 54.7 Å². The monoisotopic (exact) mass is 365 g/mol. The van der Waals surface area contributed by atoms with E-state index in [1.807, 2.05) is 36.4 Å². The van der Waals surface area contributed by atoms with Crippen molar-refractivity contribution in [3.8, 4) is 11.4 Å². The summed E-state index contributed by atoms with van der Waals surface area (Å²) in [5.74, 6) is 0.816. The van der Waals surface area contributed by atoms with Gasteiger partial charge in [-0.2, -0.15) is 0 Å². The molecule has 0 aliphatic heterocycles. The van der Waals surface area contributed by atoms with E-state index in [1.54, 1.807) is 0 Å². The number of anilines is 1. The van der Waals surface area contributed by atoms with Crippen molar-refractivity contribution in [2.24, 2.45) is 0 Å². The van der Waals surface area contributed by atoms with Crippen LogP contribution in [0.1, 0.15) is 0 Å². The molecule has 3 rings (SSSR count). The summed E-state index contributed by atoms with van der Waals surface area (Å²) in [6, 6.07) is 11.8. The quantitative estimate of drug-likeness (QED) is 0.629. The number of hydrogen-bond donors (Lipinski definition) is 2. The lowest BCUT2D eigenvalue weighted by Crippen LogP contribution is -1.86. The fourth-order valence-electron chi connectivity index (χ4n) is 1.88. The predicted octanol–water partition coefficient (Wildman–Crippen LogP) is 4.34. The minimum atomic E-state index is 0.664. The van der Waals surface area contributed by atoms with Crippen molar-refractivity contribution >= 4 is 48.6 Å². The largest absolute Gasteiger partial charge is 0.397 e. The fraction of sp³-hybridized carbons (Fsp3) is 0.